The molecule has 0 unspecified atom stereocenters. The van der Waals surface area contributed by atoms with Gasteiger partial charge in [0.15, 0.2) is 0 Å². The molecular weight excluding hydrogens is 350 g/mol. The molecule has 3 aromatic rings. The van der Waals surface area contributed by atoms with Gasteiger partial charge in [-0.25, -0.2) is 4.68 Å². The second-order valence-corrected chi connectivity index (χ2v) is 6.20. The van der Waals surface area contributed by atoms with Crippen molar-refractivity contribution in [3.05, 3.63) is 83.6 Å². The number of carbonyl (C=O) groups is 1. The molecule has 0 radical (unpaired) electrons. The van der Waals surface area contributed by atoms with E-state index in [-0.39, 0.29) is 5.91 Å². The predicted molar refractivity (Wildman–Crippen MR) is 109 cm³/mol. The van der Waals surface area contributed by atoms with Crippen molar-refractivity contribution in [3.63, 3.8) is 0 Å². The van der Waals surface area contributed by atoms with Crippen LogP contribution in [0.5, 0.6) is 0 Å². The van der Waals surface area contributed by atoms with Crippen molar-refractivity contribution >= 4 is 17.8 Å². The lowest BCUT2D eigenvalue weighted by molar-refractivity contribution is -0.116. The van der Waals surface area contributed by atoms with Gasteiger partial charge in [0.2, 0.25) is 5.91 Å². The van der Waals surface area contributed by atoms with Crippen LogP contribution in [-0.2, 0) is 11.2 Å². The van der Waals surface area contributed by atoms with E-state index in [0.717, 1.165) is 11.3 Å². The van der Waals surface area contributed by atoms with Crippen molar-refractivity contribution < 1.29 is 4.79 Å². The van der Waals surface area contributed by atoms with E-state index >= 15 is 0 Å². The molecule has 6 nitrogen and oxygen atoms in total. The molecule has 28 heavy (non-hydrogen) atoms. The Kier molecular flexibility index (Phi) is 6.21. The highest BCUT2D eigenvalue weighted by Gasteiger charge is 2.16. The molecule has 0 spiro atoms. The Hall–Kier alpha value is -3.85. The van der Waals surface area contributed by atoms with Gasteiger partial charge in [0.1, 0.15) is 17.5 Å². The Balaban J connectivity index is 1.56. The van der Waals surface area contributed by atoms with E-state index in [1.165, 1.54) is 6.08 Å². The van der Waals surface area contributed by atoms with E-state index in [4.69, 9.17) is 5.73 Å². The molecular formula is C22H21N5O. The fourth-order valence-electron chi connectivity index (χ4n) is 2.80. The Bertz CT molecular complexity index is 1000. The van der Waals surface area contributed by atoms with Gasteiger partial charge in [-0.2, -0.15) is 10.4 Å². The molecule has 0 atom stereocenters. The van der Waals surface area contributed by atoms with Crippen molar-refractivity contribution in [2.75, 3.05) is 12.3 Å². The van der Waals surface area contributed by atoms with Gasteiger partial charge in [-0.15, -0.1) is 0 Å². The number of nitrogens with zero attached hydrogens (tertiary/aromatic N) is 3. The number of benzene rings is 2. The molecule has 6 heteroatoms. The molecule has 2 aromatic carbocycles. The van der Waals surface area contributed by atoms with Crippen LogP contribution in [0.4, 0.5) is 5.82 Å². The average molecular weight is 371 g/mol. The Morgan fingerprint density at radius 2 is 1.82 bits per heavy atom. The molecule has 0 aliphatic carbocycles. The standard InChI is InChI=1S/C22H21N5O/c23-16-19-20(26-27(22(19)24)18-10-5-2-6-11-18)12-7-15-25-21(28)14-13-17-8-3-1-4-9-17/h1-6,8-11,13-14H,7,12,15,24H2,(H,25,28)/b14-13+. The van der Waals surface area contributed by atoms with Gasteiger partial charge in [0.05, 0.1) is 11.4 Å². The molecule has 0 bridgehead atoms. The molecule has 1 amide bonds. The Labute approximate surface area is 163 Å². The number of nitrogens with one attached hydrogen (secondary N) is 1. The quantitative estimate of drug-likeness (QED) is 0.493. The fourth-order valence-corrected chi connectivity index (χ4v) is 2.80. The zero-order valence-electron chi connectivity index (χ0n) is 15.4. The fraction of sp³-hybridized carbons (Fsp3) is 0.136. The van der Waals surface area contributed by atoms with Gasteiger partial charge in [-0.3, -0.25) is 4.79 Å². The third-order valence-electron chi connectivity index (χ3n) is 4.22. The molecule has 3 rings (SSSR count). The molecule has 0 saturated carbocycles. The molecule has 3 N–H and O–H groups in total. The number of para-hydroxylation sites is 1. The van der Waals surface area contributed by atoms with Crippen LogP contribution in [0.2, 0.25) is 0 Å². The van der Waals surface area contributed by atoms with Crippen LogP contribution in [0, 0.1) is 11.3 Å². The molecule has 0 aliphatic rings. The third-order valence-corrected chi connectivity index (χ3v) is 4.22. The van der Waals surface area contributed by atoms with Crippen molar-refractivity contribution in [3.8, 4) is 11.8 Å². The summed E-state index contributed by atoms with van der Waals surface area (Å²) in [5, 5.41) is 16.7. The lowest BCUT2D eigenvalue weighted by Crippen LogP contribution is -2.22. The van der Waals surface area contributed by atoms with Crippen LogP contribution >= 0.6 is 0 Å². The number of nitriles is 1. The van der Waals surface area contributed by atoms with Crippen LogP contribution in [0.3, 0.4) is 0 Å². The van der Waals surface area contributed by atoms with Crippen molar-refractivity contribution in [2.45, 2.75) is 12.8 Å². The summed E-state index contributed by atoms with van der Waals surface area (Å²) in [4.78, 5) is 11.9. The molecule has 0 aliphatic heterocycles. The number of hydrogen-bond acceptors (Lipinski definition) is 4. The number of nitrogen functional groups attached to an aromatic ring is 1. The van der Waals surface area contributed by atoms with Gasteiger partial charge in [-0.1, -0.05) is 48.5 Å². The number of rotatable bonds is 7. The summed E-state index contributed by atoms with van der Waals surface area (Å²) in [7, 11) is 0. The zero-order chi connectivity index (χ0) is 19.8. The maximum Gasteiger partial charge on any atom is 0.243 e. The summed E-state index contributed by atoms with van der Waals surface area (Å²) in [6.45, 7) is 0.487. The summed E-state index contributed by atoms with van der Waals surface area (Å²) in [5.41, 5.74) is 8.90. The minimum absolute atomic E-state index is 0.154. The summed E-state index contributed by atoms with van der Waals surface area (Å²) >= 11 is 0. The van der Waals surface area contributed by atoms with E-state index in [0.29, 0.717) is 36.5 Å². The van der Waals surface area contributed by atoms with E-state index in [1.54, 1.807) is 10.8 Å². The molecule has 0 saturated heterocycles. The summed E-state index contributed by atoms with van der Waals surface area (Å²) < 4.78 is 1.58. The first-order valence-corrected chi connectivity index (χ1v) is 9.03. The highest BCUT2D eigenvalue weighted by molar-refractivity contribution is 5.91. The highest BCUT2D eigenvalue weighted by Crippen LogP contribution is 2.21. The SMILES string of the molecule is N#Cc1c(CCCNC(=O)/C=C/c2ccccc2)nn(-c2ccccc2)c1N. The lowest BCUT2D eigenvalue weighted by atomic mass is 10.1. The van der Waals surface area contributed by atoms with Crippen molar-refractivity contribution in [2.24, 2.45) is 0 Å². The van der Waals surface area contributed by atoms with Gasteiger partial charge < -0.3 is 11.1 Å². The smallest absolute Gasteiger partial charge is 0.243 e. The number of nitrogens with two attached hydrogens (primary N) is 1. The molecule has 0 fully saturated rings. The van der Waals surface area contributed by atoms with Crippen LogP contribution in [0.25, 0.3) is 11.8 Å². The van der Waals surface area contributed by atoms with Crippen LogP contribution in [0.1, 0.15) is 23.2 Å². The number of aromatic nitrogens is 2. The third kappa shape index (κ3) is 4.65. The topological polar surface area (TPSA) is 96.7 Å². The van der Waals surface area contributed by atoms with Gasteiger partial charge in [-0.05, 0) is 36.6 Å². The molecule has 1 heterocycles. The minimum Gasteiger partial charge on any atom is -0.382 e. The number of hydrogen-bond donors (Lipinski definition) is 2. The van der Waals surface area contributed by atoms with Gasteiger partial charge in [0, 0.05) is 12.6 Å². The first kappa shape index (κ1) is 18.9. The van der Waals surface area contributed by atoms with Gasteiger partial charge in [0.25, 0.3) is 0 Å². The van der Waals surface area contributed by atoms with Crippen LogP contribution < -0.4 is 11.1 Å². The summed E-state index contributed by atoms with van der Waals surface area (Å²) in [5.74, 6) is 0.178. The minimum atomic E-state index is -0.154. The number of aryl methyl sites for hydroxylation is 1. The molecule has 1 aromatic heterocycles. The summed E-state index contributed by atoms with van der Waals surface area (Å²) in [6.07, 6.45) is 4.49. The van der Waals surface area contributed by atoms with Crippen molar-refractivity contribution in [1.82, 2.24) is 15.1 Å². The number of carbonyl (C=O) groups excluding carboxylic acids is 1. The number of anilines is 1. The lowest BCUT2D eigenvalue weighted by Gasteiger charge is -2.02. The second kappa shape index (κ2) is 9.19. The van der Waals surface area contributed by atoms with Crippen molar-refractivity contribution in [1.29, 1.82) is 5.26 Å². The maximum atomic E-state index is 11.9. The Morgan fingerprint density at radius 1 is 1.14 bits per heavy atom. The number of amides is 1. The monoisotopic (exact) mass is 371 g/mol. The summed E-state index contributed by atoms with van der Waals surface area (Å²) in [6, 6.07) is 21.2. The molecule has 140 valence electrons. The zero-order valence-corrected chi connectivity index (χ0v) is 15.4. The maximum absolute atomic E-state index is 11.9. The largest absolute Gasteiger partial charge is 0.382 e. The normalized spacial score (nSPS) is 10.7. The first-order chi connectivity index (χ1) is 13.7. The van der Waals surface area contributed by atoms with Crippen LogP contribution in [-0.4, -0.2) is 22.2 Å². The Morgan fingerprint density at radius 3 is 2.50 bits per heavy atom. The highest BCUT2D eigenvalue weighted by atomic mass is 16.1. The van der Waals surface area contributed by atoms with E-state index < -0.39 is 0 Å². The van der Waals surface area contributed by atoms with Crippen LogP contribution in [0.15, 0.2) is 66.7 Å². The van der Waals surface area contributed by atoms with E-state index in [9.17, 15) is 10.1 Å². The van der Waals surface area contributed by atoms with E-state index in [2.05, 4.69) is 16.5 Å². The second-order valence-electron chi connectivity index (χ2n) is 6.20. The average Bonchev–Trinajstić information content (AvgIpc) is 3.06. The predicted octanol–water partition coefficient (Wildman–Crippen LogP) is 3.09. The first-order valence-electron chi connectivity index (χ1n) is 9.03. The van der Waals surface area contributed by atoms with E-state index in [1.807, 2.05) is 60.7 Å². The van der Waals surface area contributed by atoms with Gasteiger partial charge >= 0.3 is 0 Å².